The van der Waals surface area contributed by atoms with E-state index < -0.39 is 0 Å². The molecule has 1 rings (SSSR count). The van der Waals surface area contributed by atoms with Crippen LogP contribution in [0.25, 0.3) is 0 Å². The summed E-state index contributed by atoms with van der Waals surface area (Å²) in [5.74, 6) is 0.955. The quantitative estimate of drug-likeness (QED) is 0.730. The van der Waals surface area contributed by atoms with Gasteiger partial charge in [-0.15, -0.1) is 0 Å². The van der Waals surface area contributed by atoms with Crippen LogP contribution in [0, 0.1) is 5.92 Å². The SMILES string of the molecule is CC(CN)NC(=O)CCC1CCCCC1. The van der Waals surface area contributed by atoms with Crippen LogP contribution in [0.1, 0.15) is 51.9 Å². The number of nitrogens with one attached hydrogen (secondary N) is 1. The molecule has 88 valence electrons. The molecule has 0 aromatic carbocycles. The van der Waals surface area contributed by atoms with Gasteiger partial charge in [0.25, 0.3) is 0 Å². The molecule has 0 aromatic heterocycles. The largest absolute Gasteiger partial charge is 0.352 e. The van der Waals surface area contributed by atoms with E-state index in [4.69, 9.17) is 5.73 Å². The number of hydrogen-bond acceptors (Lipinski definition) is 2. The molecule has 15 heavy (non-hydrogen) atoms. The second-order valence-corrected chi connectivity index (χ2v) is 4.75. The van der Waals surface area contributed by atoms with Gasteiger partial charge >= 0.3 is 0 Å². The van der Waals surface area contributed by atoms with Crippen molar-refractivity contribution in [2.24, 2.45) is 11.7 Å². The Hall–Kier alpha value is -0.570. The lowest BCUT2D eigenvalue weighted by Crippen LogP contribution is -2.37. The predicted molar refractivity (Wildman–Crippen MR) is 62.5 cm³/mol. The van der Waals surface area contributed by atoms with Crippen molar-refractivity contribution in [2.45, 2.75) is 57.9 Å². The Labute approximate surface area is 92.8 Å². The first-order chi connectivity index (χ1) is 7.22. The molecule has 0 aliphatic heterocycles. The number of carbonyl (C=O) groups excluding carboxylic acids is 1. The predicted octanol–water partition coefficient (Wildman–Crippen LogP) is 1.81. The van der Waals surface area contributed by atoms with Gasteiger partial charge in [-0.25, -0.2) is 0 Å². The van der Waals surface area contributed by atoms with E-state index in [1.807, 2.05) is 6.92 Å². The molecule has 3 N–H and O–H groups in total. The number of carbonyl (C=O) groups is 1. The Kier molecular flexibility index (Phi) is 5.69. The summed E-state index contributed by atoms with van der Waals surface area (Å²) in [4.78, 5) is 11.5. The molecule has 0 spiro atoms. The summed E-state index contributed by atoms with van der Waals surface area (Å²) >= 11 is 0. The average molecular weight is 212 g/mol. The van der Waals surface area contributed by atoms with Gasteiger partial charge < -0.3 is 11.1 Å². The van der Waals surface area contributed by atoms with E-state index in [9.17, 15) is 4.79 Å². The summed E-state index contributed by atoms with van der Waals surface area (Å²) in [6.07, 6.45) is 8.46. The van der Waals surface area contributed by atoms with Crippen LogP contribution >= 0.6 is 0 Å². The van der Waals surface area contributed by atoms with Crippen LogP contribution in [0.5, 0.6) is 0 Å². The van der Waals surface area contributed by atoms with Gasteiger partial charge in [-0.3, -0.25) is 4.79 Å². The van der Waals surface area contributed by atoms with Crippen molar-refractivity contribution in [2.75, 3.05) is 6.54 Å². The minimum absolute atomic E-state index is 0.115. The van der Waals surface area contributed by atoms with Gasteiger partial charge in [0.15, 0.2) is 0 Å². The molecule has 1 fully saturated rings. The lowest BCUT2D eigenvalue weighted by atomic mass is 9.86. The molecule has 3 nitrogen and oxygen atoms in total. The highest BCUT2D eigenvalue weighted by molar-refractivity contribution is 5.76. The molecule has 0 heterocycles. The van der Waals surface area contributed by atoms with Crippen molar-refractivity contribution < 1.29 is 4.79 Å². The van der Waals surface area contributed by atoms with Gasteiger partial charge in [-0.2, -0.15) is 0 Å². The zero-order valence-corrected chi connectivity index (χ0v) is 9.80. The first kappa shape index (κ1) is 12.5. The second kappa shape index (κ2) is 6.83. The lowest BCUT2D eigenvalue weighted by Gasteiger charge is -2.21. The van der Waals surface area contributed by atoms with Gasteiger partial charge in [0.05, 0.1) is 0 Å². The van der Waals surface area contributed by atoms with Gasteiger partial charge in [-0.05, 0) is 19.3 Å². The van der Waals surface area contributed by atoms with Crippen LogP contribution in [-0.4, -0.2) is 18.5 Å². The number of nitrogens with two attached hydrogens (primary N) is 1. The fraction of sp³-hybridized carbons (Fsp3) is 0.917. The summed E-state index contributed by atoms with van der Waals surface area (Å²) in [6, 6.07) is 0.115. The Bertz CT molecular complexity index is 188. The van der Waals surface area contributed by atoms with Crippen molar-refractivity contribution in [3.05, 3.63) is 0 Å². The molecular weight excluding hydrogens is 188 g/mol. The molecule has 0 bridgehead atoms. The molecule has 0 saturated heterocycles. The van der Waals surface area contributed by atoms with Gasteiger partial charge in [0.2, 0.25) is 5.91 Å². The van der Waals surface area contributed by atoms with Crippen LogP contribution in [0.3, 0.4) is 0 Å². The van der Waals surface area contributed by atoms with Gasteiger partial charge in [0, 0.05) is 19.0 Å². The highest BCUT2D eigenvalue weighted by atomic mass is 16.1. The standard InChI is InChI=1S/C12H24N2O/c1-10(9-13)14-12(15)8-7-11-5-3-2-4-6-11/h10-11H,2-9,13H2,1H3,(H,14,15). The summed E-state index contributed by atoms with van der Waals surface area (Å²) < 4.78 is 0. The molecule has 3 heteroatoms. The Morgan fingerprint density at radius 1 is 1.40 bits per heavy atom. The van der Waals surface area contributed by atoms with Crippen molar-refractivity contribution in [1.29, 1.82) is 0 Å². The van der Waals surface area contributed by atoms with E-state index in [-0.39, 0.29) is 11.9 Å². The minimum Gasteiger partial charge on any atom is -0.352 e. The third-order valence-electron chi connectivity index (χ3n) is 3.27. The highest BCUT2D eigenvalue weighted by Gasteiger charge is 2.15. The average Bonchev–Trinajstić information content (AvgIpc) is 2.27. The van der Waals surface area contributed by atoms with Crippen LogP contribution in [0.15, 0.2) is 0 Å². The maximum absolute atomic E-state index is 11.5. The monoisotopic (exact) mass is 212 g/mol. The fourth-order valence-electron chi connectivity index (χ4n) is 2.22. The molecular formula is C12H24N2O. The highest BCUT2D eigenvalue weighted by Crippen LogP contribution is 2.27. The molecule has 1 aliphatic carbocycles. The first-order valence-corrected chi connectivity index (χ1v) is 6.21. The molecule has 1 amide bonds. The summed E-state index contributed by atoms with van der Waals surface area (Å²) in [7, 11) is 0. The minimum atomic E-state index is 0.115. The summed E-state index contributed by atoms with van der Waals surface area (Å²) in [5, 5.41) is 2.91. The molecule has 0 aromatic rings. The molecule has 0 radical (unpaired) electrons. The van der Waals surface area contributed by atoms with Crippen molar-refractivity contribution in [1.82, 2.24) is 5.32 Å². The van der Waals surface area contributed by atoms with Crippen LogP contribution < -0.4 is 11.1 Å². The Balaban J connectivity index is 2.10. The second-order valence-electron chi connectivity index (χ2n) is 4.75. The van der Waals surface area contributed by atoms with Gasteiger partial charge in [-0.1, -0.05) is 32.1 Å². The number of hydrogen-bond donors (Lipinski definition) is 2. The van der Waals surface area contributed by atoms with Crippen molar-refractivity contribution in [3.8, 4) is 0 Å². The van der Waals surface area contributed by atoms with Gasteiger partial charge in [0.1, 0.15) is 0 Å². The zero-order valence-electron chi connectivity index (χ0n) is 9.80. The van der Waals surface area contributed by atoms with Crippen LogP contribution in [0.4, 0.5) is 0 Å². The topological polar surface area (TPSA) is 55.1 Å². The normalized spacial score (nSPS) is 19.9. The summed E-state index contributed by atoms with van der Waals surface area (Å²) in [5.41, 5.74) is 5.44. The van der Waals surface area contributed by atoms with Crippen LogP contribution in [0.2, 0.25) is 0 Å². The van der Waals surface area contributed by atoms with Crippen LogP contribution in [-0.2, 0) is 4.79 Å². The maximum atomic E-state index is 11.5. The smallest absolute Gasteiger partial charge is 0.220 e. The van der Waals surface area contributed by atoms with E-state index in [1.165, 1.54) is 32.1 Å². The van der Waals surface area contributed by atoms with E-state index >= 15 is 0 Å². The molecule has 1 saturated carbocycles. The number of rotatable bonds is 5. The molecule has 1 unspecified atom stereocenters. The van der Waals surface area contributed by atoms with Crippen molar-refractivity contribution >= 4 is 5.91 Å². The molecule has 1 atom stereocenters. The summed E-state index contributed by atoms with van der Waals surface area (Å²) in [6.45, 7) is 2.47. The fourth-order valence-corrected chi connectivity index (χ4v) is 2.22. The van der Waals surface area contributed by atoms with E-state index in [0.29, 0.717) is 13.0 Å². The first-order valence-electron chi connectivity index (χ1n) is 6.21. The Morgan fingerprint density at radius 3 is 2.67 bits per heavy atom. The lowest BCUT2D eigenvalue weighted by molar-refractivity contribution is -0.122. The van der Waals surface area contributed by atoms with E-state index in [2.05, 4.69) is 5.32 Å². The number of amides is 1. The van der Waals surface area contributed by atoms with E-state index in [0.717, 1.165) is 12.3 Å². The van der Waals surface area contributed by atoms with Crippen molar-refractivity contribution in [3.63, 3.8) is 0 Å². The third kappa shape index (κ3) is 5.17. The van der Waals surface area contributed by atoms with E-state index in [1.54, 1.807) is 0 Å². The zero-order chi connectivity index (χ0) is 11.1. The molecule has 1 aliphatic rings. The third-order valence-corrected chi connectivity index (χ3v) is 3.27. The Morgan fingerprint density at radius 2 is 2.07 bits per heavy atom. The maximum Gasteiger partial charge on any atom is 0.220 e.